The second kappa shape index (κ2) is 7.47. The van der Waals surface area contributed by atoms with Crippen LogP contribution in [0.3, 0.4) is 0 Å². The van der Waals surface area contributed by atoms with Gasteiger partial charge in [0.1, 0.15) is 4.90 Å². The monoisotopic (exact) mass is 420 g/mol. The van der Waals surface area contributed by atoms with Crippen molar-refractivity contribution in [1.29, 1.82) is 0 Å². The van der Waals surface area contributed by atoms with Crippen LogP contribution in [0.4, 0.5) is 4.79 Å². The Bertz CT molecular complexity index is 1010. The fourth-order valence-corrected chi connectivity index (χ4v) is 4.94. The number of likely N-dealkylation sites (tertiary alicyclic amines) is 1. The lowest BCUT2D eigenvalue weighted by molar-refractivity contribution is -0.155. The van der Waals surface area contributed by atoms with Crippen molar-refractivity contribution in [3.05, 3.63) is 29.8 Å². The molecule has 3 aliphatic heterocycles. The average Bonchev–Trinajstić information content (AvgIpc) is 3.27. The smallest absolute Gasteiger partial charge is 0.324 e. The van der Waals surface area contributed by atoms with E-state index in [1.165, 1.54) is 6.07 Å². The molecule has 0 saturated carbocycles. The van der Waals surface area contributed by atoms with Crippen molar-refractivity contribution in [3.63, 3.8) is 0 Å². The standard InChI is InChI=1S/C18H20N4O6S/c23-15(22-9-7-19-18(22)25)11-28-17(24)12-4-3-8-21(10-12)16-13-5-1-2-6-14(13)29(26,27)20-16/h1-2,5-6,12H,3-4,7-11H2,(H,19,25)/t12-/m1/s1. The van der Waals surface area contributed by atoms with Crippen LogP contribution in [0, 0.1) is 5.92 Å². The zero-order chi connectivity index (χ0) is 20.6. The Hall–Kier alpha value is -2.95. The number of nitrogens with zero attached hydrogens (tertiary/aromatic N) is 3. The number of urea groups is 1. The third kappa shape index (κ3) is 3.69. The van der Waals surface area contributed by atoms with Gasteiger partial charge in [-0.2, -0.15) is 8.42 Å². The molecule has 0 aliphatic carbocycles. The number of nitrogens with one attached hydrogen (secondary N) is 1. The summed E-state index contributed by atoms with van der Waals surface area (Å²) in [7, 11) is -3.74. The minimum absolute atomic E-state index is 0.161. The van der Waals surface area contributed by atoms with E-state index in [0.29, 0.717) is 37.3 Å². The highest BCUT2D eigenvalue weighted by atomic mass is 32.2. The Kier molecular flexibility index (Phi) is 4.99. The Morgan fingerprint density at radius 1 is 1.24 bits per heavy atom. The molecule has 2 fully saturated rings. The van der Waals surface area contributed by atoms with Crippen LogP contribution in [0.5, 0.6) is 0 Å². The van der Waals surface area contributed by atoms with Gasteiger partial charge in [-0.05, 0) is 25.0 Å². The Morgan fingerprint density at radius 3 is 2.79 bits per heavy atom. The zero-order valence-corrected chi connectivity index (χ0v) is 16.4. The van der Waals surface area contributed by atoms with Crippen LogP contribution in [0.1, 0.15) is 18.4 Å². The molecule has 1 N–H and O–H groups in total. The molecule has 0 spiro atoms. The predicted molar refractivity (Wildman–Crippen MR) is 101 cm³/mol. The van der Waals surface area contributed by atoms with E-state index >= 15 is 0 Å². The number of benzene rings is 1. The third-order valence-corrected chi connectivity index (χ3v) is 6.49. The first kappa shape index (κ1) is 19.4. The number of carbonyl (C=O) groups excluding carboxylic acids is 3. The molecule has 1 aromatic carbocycles. The molecule has 1 aromatic rings. The summed E-state index contributed by atoms with van der Waals surface area (Å²) in [5.74, 6) is -1.29. The number of amidine groups is 1. The molecule has 29 heavy (non-hydrogen) atoms. The lowest BCUT2D eigenvalue weighted by Gasteiger charge is -2.32. The van der Waals surface area contributed by atoms with Crippen LogP contribution in [0.15, 0.2) is 33.6 Å². The maximum Gasteiger partial charge on any atom is 0.324 e. The van der Waals surface area contributed by atoms with Gasteiger partial charge in [-0.3, -0.25) is 14.5 Å². The highest BCUT2D eigenvalue weighted by molar-refractivity contribution is 7.90. The molecule has 4 rings (SSSR count). The molecule has 1 atom stereocenters. The van der Waals surface area contributed by atoms with Crippen molar-refractivity contribution in [1.82, 2.24) is 15.1 Å². The SMILES string of the molecule is O=C(OCC(=O)N1CCNC1=O)[C@@H]1CCCN(C2=NS(=O)(=O)c3ccccc32)C1. The maximum absolute atomic E-state index is 12.5. The van der Waals surface area contributed by atoms with Gasteiger partial charge < -0.3 is 15.0 Å². The maximum atomic E-state index is 12.5. The van der Waals surface area contributed by atoms with Gasteiger partial charge in [0.2, 0.25) is 0 Å². The number of hydrogen-bond acceptors (Lipinski definition) is 7. The first-order valence-corrected chi connectivity index (χ1v) is 10.7. The van der Waals surface area contributed by atoms with Gasteiger partial charge in [0.15, 0.2) is 12.4 Å². The number of sulfonamides is 1. The molecular weight excluding hydrogens is 400 g/mol. The first-order valence-electron chi connectivity index (χ1n) is 9.31. The minimum atomic E-state index is -3.74. The molecule has 3 amide bonds. The number of hydrogen-bond donors (Lipinski definition) is 1. The Balaban J connectivity index is 1.41. The van der Waals surface area contributed by atoms with E-state index in [2.05, 4.69) is 9.71 Å². The summed E-state index contributed by atoms with van der Waals surface area (Å²) in [6, 6.07) is 6.10. The fourth-order valence-electron chi connectivity index (χ4n) is 3.72. The number of piperidine rings is 1. The minimum Gasteiger partial charge on any atom is -0.455 e. The van der Waals surface area contributed by atoms with Gasteiger partial charge in [0.05, 0.1) is 5.92 Å². The molecule has 0 radical (unpaired) electrons. The van der Waals surface area contributed by atoms with Crippen molar-refractivity contribution in [2.75, 3.05) is 32.8 Å². The average molecular weight is 420 g/mol. The second-order valence-electron chi connectivity index (χ2n) is 7.06. The first-order chi connectivity index (χ1) is 13.9. The predicted octanol–water partition coefficient (Wildman–Crippen LogP) is -0.0575. The number of esters is 1. The van der Waals surface area contributed by atoms with Gasteiger partial charge in [0, 0.05) is 31.7 Å². The second-order valence-corrected chi connectivity index (χ2v) is 8.63. The van der Waals surface area contributed by atoms with E-state index in [-0.39, 0.29) is 18.0 Å². The molecule has 3 aliphatic rings. The molecule has 2 saturated heterocycles. The highest BCUT2D eigenvalue weighted by Crippen LogP contribution is 2.30. The van der Waals surface area contributed by atoms with Crippen LogP contribution in [-0.2, 0) is 24.3 Å². The van der Waals surface area contributed by atoms with Gasteiger partial charge in [-0.1, -0.05) is 12.1 Å². The van der Waals surface area contributed by atoms with Crippen LogP contribution in [-0.4, -0.2) is 74.7 Å². The van der Waals surface area contributed by atoms with Crippen molar-refractivity contribution in [2.24, 2.45) is 10.3 Å². The summed E-state index contributed by atoms with van der Waals surface area (Å²) >= 11 is 0. The van der Waals surface area contributed by atoms with E-state index in [9.17, 15) is 22.8 Å². The van der Waals surface area contributed by atoms with Crippen molar-refractivity contribution in [3.8, 4) is 0 Å². The van der Waals surface area contributed by atoms with Gasteiger partial charge in [0.25, 0.3) is 15.9 Å². The molecule has 0 bridgehead atoms. The number of rotatable bonds is 3. The summed E-state index contributed by atoms with van der Waals surface area (Å²) in [6.45, 7) is 0.947. The molecule has 154 valence electrons. The van der Waals surface area contributed by atoms with Crippen molar-refractivity contribution >= 4 is 33.8 Å². The number of carbonyl (C=O) groups is 3. The summed E-state index contributed by atoms with van der Waals surface area (Å²) in [4.78, 5) is 38.9. The molecular formula is C18H20N4O6S. The summed E-state index contributed by atoms with van der Waals surface area (Å²) in [5, 5.41) is 2.51. The van der Waals surface area contributed by atoms with E-state index in [4.69, 9.17) is 4.74 Å². The quantitative estimate of drug-likeness (QED) is 0.679. The molecule has 3 heterocycles. The van der Waals surface area contributed by atoms with Gasteiger partial charge >= 0.3 is 12.0 Å². The van der Waals surface area contributed by atoms with Crippen LogP contribution in [0.25, 0.3) is 0 Å². The Morgan fingerprint density at radius 2 is 2.03 bits per heavy atom. The van der Waals surface area contributed by atoms with E-state index in [1.807, 2.05) is 0 Å². The third-order valence-electron chi connectivity index (χ3n) is 5.16. The van der Waals surface area contributed by atoms with Crippen LogP contribution in [0.2, 0.25) is 0 Å². The lowest BCUT2D eigenvalue weighted by atomic mass is 9.97. The summed E-state index contributed by atoms with van der Waals surface area (Å²) in [6.07, 6.45) is 1.22. The normalized spacial score (nSPS) is 22.7. The van der Waals surface area contributed by atoms with Gasteiger partial charge in [-0.25, -0.2) is 4.79 Å². The molecule has 0 aromatic heterocycles. The lowest BCUT2D eigenvalue weighted by Crippen LogP contribution is -2.43. The van der Waals surface area contributed by atoms with Crippen LogP contribution < -0.4 is 5.32 Å². The fraction of sp³-hybridized carbons (Fsp3) is 0.444. The number of amides is 3. The Labute approximate surface area is 167 Å². The summed E-state index contributed by atoms with van der Waals surface area (Å²) < 4.78 is 33.6. The topological polar surface area (TPSA) is 125 Å². The zero-order valence-electron chi connectivity index (χ0n) is 15.5. The molecule has 11 heteroatoms. The number of fused-ring (bicyclic) bond motifs is 1. The van der Waals surface area contributed by atoms with Crippen LogP contribution >= 0.6 is 0 Å². The van der Waals surface area contributed by atoms with Crippen molar-refractivity contribution < 1.29 is 27.5 Å². The number of ether oxygens (including phenoxy) is 1. The summed E-state index contributed by atoms with van der Waals surface area (Å²) in [5.41, 5.74) is 0.525. The van der Waals surface area contributed by atoms with E-state index < -0.39 is 40.5 Å². The largest absolute Gasteiger partial charge is 0.455 e. The van der Waals surface area contributed by atoms with E-state index in [1.54, 1.807) is 23.1 Å². The molecule has 0 unspecified atom stereocenters. The molecule has 10 nitrogen and oxygen atoms in total. The van der Waals surface area contributed by atoms with Crippen molar-refractivity contribution in [2.45, 2.75) is 17.7 Å². The number of imide groups is 1. The highest BCUT2D eigenvalue weighted by Gasteiger charge is 2.36. The van der Waals surface area contributed by atoms with E-state index in [0.717, 1.165) is 4.90 Å². The van der Waals surface area contributed by atoms with Gasteiger partial charge in [-0.15, -0.1) is 4.40 Å².